The largest absolute Gasteiger partial charge is 0.352 e. The van der Waals surface area contributed by atoms with Gasteiger partial charge < -0.3 is 10.2 Å². The van der Waals surface area contributed by atoms with E-state index in [-0.39, 0.29) is 23.6 Å². The summed E-state index contributed by atoms with van der Waals surface area (Å²) < 4.78 is 0. The van der Waals surface area contributed by atoms with Crippen molar-refractivity contribution in [2.45, 2.75) is 51.6 Å². The van der Waals surface area contributed by atoms with Gasteiger partial charge in [-0.25, -0.2) is 0 Å². The normalized spacial score (nSPS) is 12.8. The number of amides is 2. The molecule has 0 heterocycles. The van der Waals surface area contributed by atoms with Gasteiger partial charge in [-0.05, 0) is 55.7 Å². The summed E-state index contributed by atoms with van der Waals surface area (Å²) in [4.78, 5) is 27.4. The molecular formula is C23H28Cl2N2O2S. The van der Waals surface area contributed by atoms with E-state index in [0.717, 1.165) is 17.5 Å². The maximum Gasteiger partial charge on any atom is 0.242 e. The van der Waals surface area contributed by atoms with E-state index < -0.39 is 6.04 Å². The molecular weight excluding hydrogens is 439 g/mol. The molecule has 2 amide bonds. The van der Waals surface area contributed by atoms with Crippen molar-refractivity contribution in [3.05, 3.63) is 69.7 Å². The average Bonchev–Trinajstić information content (AvgIpc) is 2.72. The van der Waals surface area contributed by atoms with Gasteiger partial charge in [-0.1, -0.05) is 54.4 Å². The fraction of sp³-hybridized carbons (Fsp3) is 0.391. The van der Waals surface area contributed by atoms with E-state index in [9.17, 15) is 9.59 Å². The van der Waals surface area contributed by atoms with Gasteiger partial charge in [0.15, 0.2) is 0 Å². The summed E-state index contributed by atoms with van der Waals surface area (Å²) in [6.07, 6.45) is 0.831. The Morgan fingerprint density at radius 1 is 1.03 bits per heavy atom. The first-order valence-corrected chi connectivity index (χ1v) is 11.9. The summed E-state index contributed by atoms with van der Waals surface area (Å²) in [6.45, 7) is 6.06. The number of benzene rings is 2. The molecule has 30 heavy (non-hydrogen) atoms. The Morgan fingerprint density at radius 2 is 1.73 bits per heavy atom. The third-order valence-corrected chi connectivity index (χ3v) is 6.29. The molecule has 7 heteroatoms. The molecule has 2 aromatic rings. The van der Waals surface area contributed by atoms with Crippen LogP contribution in [0.3, 0.4) is 0 Å². The molecule has 0 aliphatic heterocycles. The lowest BCUT2D eigenvalue weighted by Crippen LogP contribution is -2.50. The zero-order chi connectivity index (χ0) is 22.1. The minimum Gasteiger partial charge on any atom is -0.352 e. The molecule has 0 fully saturated rings. The molecule has 0 spiro atoms. The summed E-state index contributed by atoms with van der Waals surface area (Å²) >= 11 is 13.5. The van der Waals surface area contributed by atoms with Crippen molar-refractivity contribution in [2.75, 3.05) is 5.75 Å². The molecule has 0 aliphatic carbocycles. The number of nitrogens with one attached hydrogen (secondary N) is 1. The third kappa shape index (κ3) is 7.86. The summed E-state index contributed by atoms with van der Waals surface area (Å²) in [5.74, 6) is 0.745. The molecule has 4 nitrogen and oxygen atoms in total. The Labute approximate surface area is 193 Å². The van der Waals surface area contributed by atoms with E-state index in [1.54, 1.807) is 17.9 Å². The van der Waals surface area contributed by atoms with Gasteiger partial charge in [0.1, 0.15) is 6.04 Å². The van der Waals surface area contributed by atoms with Crippen molar-refractivity contribution in [3.63, 3.8) is 0 Å². The number of hydrogen-bond acceptors (Lipinski definition) is 3. The Kier molecular flexibility index (Phi) is 10.0. The quantitative estimate of drug-likeness (QED) is 0.498. The van der Waals surface area contributed by atoms with Crippen LogP contribution in [-0.2, 0) is 21.9 Å². The monoisotopic (exact) mass is 466 g/mol. The second-order valence-electron chi connectivity index (χ2n) is 7.26. The molecule has 0 bridgehead atoms. The summed E-state index contributed by atoms with van der Waals surface area (Å²) in [5.41, 5.74) is 1.99. The Balaban J connectivity index is 2.07. The van der Waals surface area contributed by atoms with E-state index in [2.05, 4.69) is 5.32 Å². The van der Waals surface area contributed by atoms with Crippen molar-refractivity contribution in [1.29, 1.82) is 0 Å². The number of rotatable bonds is 10. The molecule has 0 radical (unpaired) electrons. The van der Waals surface area contributed by atoms with Crippen molar-refractivity contribution in [3.8, 4) is 0 Å². The van der Waals surface area contributed by atoms with Crippen LogP contribution >= 0.6 is 35.0 Å². The second-order valence-corrected chi connectivity index (χ2v) is 9.12. The summed E-state index contributed by atoms with van der Waals surface area (Å²) in [7, 11) is 0. The van der Waals surface area contributed by atoms with Gasteiger partial charge in [0.2, 0.25) is 11.8 Å². The standard InChI is InChI=1S/C23H28Cl2N2O2S/c1-4-16(2)26-23(29)17(3)27(13-19-6-5-7-21(25)12-19)22(28)15-30-14-18-8-10-20(24)11-9-18/h5-12,16-17H,4,13-15H2,1-3H3,(H,26,29)/t16-,17-/m1/s1. The average molecular weight is 467 g/mol. The molecule has 0 saturated heterocycles. The first-order valence-electron chi connectivity index (χ1n) is 9.96. The van der Waals surface area contributed by atoms with E-state index in [1.165, 1.54) is 11.8 Å². The fourth-order valence-electron chi connectivity index (χ4n) is 2.80. The van der Waals surface area contributed by atoms with Crippen molar-refractivity contribution >= 4 is 46.8 Å². The van der Waals surface area contributed by atoms with Gasteiger partial charge in [-0.2, -0.15) is 0 Å². The van der Waals surface area contributed by atoms with Crippen molar-refractivity contribution < 1.29 is 9.59 Å². The van der Waals surface area contributed by atoms with Crippen LogP contribution in [0.25, 0.3) is 0 Å². The van der Waals surface area contributed by atoms with Crippen molar-refractivity contribution in [1.82, 2.24) is 10.2 Å². The minimum atomic E-state index is -0.582. The van der Waals surface area contributed by atoms with Crippen molar-refractivity contribution in [2.24, 2.45) is 0 Å². The van der Waals surface area contributed by atoms with Crippen LogP contribution in [0, 0.1) is 0 Å². The van der Waals surface area contributed by atoms with Gasteiger partial charge in [-0.15, -0.1) is 11.8 Å². The lowest BCUT2D eigenvalue weighted by molar-refractivity contribution is -0.138. The van der Waals surface area contributed by atoms with E-state index in [4.69, 9.17) is 23.2 Å². The smallest absolute Gasteiger partial charge is 0.242 e. The number of carbonyl (C=O) groups is 2. The highest BCUT2D eigenvalue weighted by atomic mass is 35.5. The Morgan fingerprint density at radius 3 is 2.37 bits per heavy atom. The highest BCUT2D eigenvalue weighted by Crippen LogP contribution is 2.19. The third-order valence-electron chi connectivity index (χ3n) is 4.82. The van der Waals surface area contributed by atoms with Crippen LogP contribution in [0.2, 0.25) is 10.0 Å². The second kappa shape index (κ2) is 12.2. The van der Waals surface area contributed by atoms with Gasteiger partial charge >= 0.3 is 0 Å². The van der Waals surface area contributed by atoms with Gasteiger partial charge in [0.05, 0.1) is 5.75 Å². The Bertz CT molecular complexity index is 845. The van der Waals surface area contributed by atoms with Gasteiger partial charge in [0.25, 0.3) is 0 Å². The molecule has 2 atom stereocenters. The lowest BCUT2D eigenvalue weighted by atomic mass is 10.1. The van der Waals surface area contributed by atoms with Crippen LogP contribution < -0.4 is 5.32 Å². The highest BCUT2D eigenvalue weighted by Gasteiger charge is 2.26. The first kappa shape index (κ1) is 24.6. The molecule has 0 aromatic heterocycles. The van der Waals surface area contributed by atoms with E-state index >= 15 is 0 Å². The molecule has 0 unspecified atom stereocenters. The predicted octanol–water partition coefficient (Wildman–Crippen LogP) is 5.56. The van der Waals surface area contributed by atoms with E-state index in [1.807, 2.05) is 56.3 Å². The summed E-state index contributed by atoms with van der Waals surface area (Å²) in [6, 6.07) is 14.4. The number of nitrogens with zero attached hydrogens (tertiary/aromatic N) is 1. The van der Waals surface area contributed by atoms with Gasteiger partial charge in [0, 0.05) is 28.4 Å². The zero-order valence-electron chi connectivity index (χ0n) is 17.5. The van der Waals surface area contributed by atoms with E-state index in [0.29, 0.717) is 22.3 Å². The number of hydrogen-bond donors (Lipinski definition) is 1. The SMILES string of the molecule is CC[C@@H](C)NC(=O)[C@@H](C)N(Cc1cccc(Cl)c1)C(=O)CSCc1ccc(Cl)cc1. The molecule has 2 rings (SSSR count). The molecule has 2 aromatic carbocycles. The number of halogens is 2. The summed E-state index contributed by atoms with van der Waals surface area (Å²) in [5, 5.41) is 4.26. The number of carbonyl (C=O) groups excluding carboxylic acids is 2. The fourth-order valence-corrected chi connectivity index (χ4v) is 4.01. The molecule has 1 N–H and O–H groups in total. The topological polar surface area (TPSA) is 49.4 Å². The molecule has 0 saturated carbocycles. The zero-order valence-corrected chi connectivity index (χ0v) is 19.9. The van der Waals surface area contributed by atoms with Crippen LogP contribution in [0.15, 0.2) is 48.5 Å². The maximum absolute atomic E-state index is 13.0. The van der Waals surface area contributed by atoms with Crippen LogP contribution in [-0.4, -0.2) is 34.6 Å². The van der Waals surface area contributed by atoms with Crippen LogP contribution in [0.5, 0.6) is 0 Å². The predicted molar refractivity (Wildman–Crippen MR) is 127 cm³/mol. The maximum atomic E-state index is 13.0. The minimum absolute atomic E-state index is 0.0577. The van der Waals surface area contributed by atoms with Crippen LogP contribution in [0.1, 0.15) is 38.3 Å². The number of thioether (sulfide) groups is 1. The Hall–Kier alpha value is -1.69. The first-order chi connectivity index (χ1) is 14.3. The van der Waals surface area contributed by atoms with Gasteiger partial charge in [-0.3, -0.25) is 9.59 Å². The molecule has 0 aliphatic rings. The highest BCUT2D eigenvalue weighted by molar-refractivity contribution is 7.99. The van der Waals surface area contributed by atoms with Crippen LogP contribution in [0.4, 0.5) is 0 Å². The lowest BCUT2D eigenvalue weighted by Gasteiger charge is -2.29. The molecule has 162 valence electrons.